The monoisotopic (exact) mass is 250 g/mol. The summed E-state index contributed by atoms with van der Waals surface area (Å²) >= 11 is 10.6. The van der Waals surface area contributed by atoms with Crippen LogP contribution in [0.5, 0.6) is 0 Å². The lowest BCUT2D eigenvalue weighted by molar-refractivity contribution is 0.106. The number of carbonyl (C=O) groups is 1. The Morgan fingerprint density at radius 2 is 2.20 bits per heavy atom. The molecule has 0 atom stereocenters. The lowest BCUT2D eigenvalue weighted by atomic mass is 10.1. The van der Waals surface area contributed by atoms with Crippen molar-refractivity contribution in [3.63, 3.8) is 0 Å². The van der Waals surface area contributed by atoms with Crippen LogP contribution in [-0.2, 0) is 0 Å². The fraction of sp³-hybridized carbons (Fsp3) is 0.125. The molecule has 78 valence electrons. The first-order valence-corrected chi connectivity index (χ1v) is 4.31. The second kappa shape index (κ2) is 4.51. The van der Waals surface area contributed by atoms with Gasteiger partial charge in [0.25, 0.3) is 11.7 Å². The van der Waals surface area contributed by atoms with Gasteiger partial charge in [0.05, 0.1) is 5.56 Å². The maximum Gasteiger partial charge on any atom is 0.266 e. The van der Waals surface area contributed by atoms with Crippen LogP contribution in [0, 0.1) is 11.3 Å². The van der Waals surface area contributed by atoms with Crippen LogP contribution in [-0.4, -0.2) is 10.2 Å². The molecule has 1 aromatic rings. The van der Waals surface area contributed by atoms with Crippen molar-refractivity contribution in [1.29, 1.82) is 5.26 Å². The van der Waals surface area contributed by atoms with E-state index >= 15 is 0 Å². The van der Waals surface area contributed by atoms with E-state index in [9.17, 15) is 13.6 Å². The SMILES string of the molecule is N#Cc1c(Cl)ncc(C(F)F)c1C(=O)Cl. The van der Waals surface area contributed by atoms with Gasteiger partial charge >= 0.3 is 0 Å². The van der Waals surface area contributed by atoms with Crippen LogP contribution in [0.2, 0.25) is 5.15 Å². The molecule has 1 rings (SSSR count). The molecule has 0 amide bonds. The molecule has 0 fully saturated rings. The van der Waals surface area contributed by atoms with Crippen molar-refractivity contribution in [3.8, 4) is 6.07 Å². The summed E-state index contributed by atoms with van der Waals surface area (Å²) in [5, 5.41) is 7.14. The predicted molar refractivity (Wildman–Crippen MR) is 49.1 cm³/mol. The molecule has 0 saturated carbocycles. The van der Waals surface area contributed by atoms with Crippen LogP contribution in [0.25, 0.3) is 0 Å². The van der Waals surface area contributed by atoms with Gasteiger partial charge in [-0.1, -0.05) is 11.6 Å². The summed E-state index contributed by atoms with van der Waals surface area (Å²) in [6.07, 6.45) is -2.22. The number of halogens is 4. The van der Waals surface area contributed by atoms with Gasteiger partial charge in [0.1, 0.15) is 16.8 Å². The van der Waals surface area contributed by atoms with E-state index in [1.807, 2.05) is 0 Å². The minimum atomic E-state index is -2.94. The van der Waals surface area contributed by atoms with E-state index in [1.54, 1.807) is 0 Å². The first-order valence-electron chi connectivity index (χ1n) is 3.55. The summed E-state index contributed by atoms with van der Waals surface area (Å²) in [5.74, 6) is 0. The summed E-state index contributed by atoms with van der Waals surface area (Å²) < 4.78 is 24.9. The smallest absolute Gasteiger partial charge is 0.266 e. The molecule has 0 aliphatic heterocycles. The second-order valence-electron chi connectivity index (χ2n) is 2.44. The maximum atomic E-state index is 12.4. The number of aromatic nitrogens is 1. The third kappa shape index (κ3) is 2.22. The van der Waals surface area contributed by atoms with Gasteiger partial charge in [0.15, 0.2) is 0 Å². The largest absolute Gasteiger partial charge is 0.276 e. The Balaban J connectivity index is 3.58. The number of carbonyl (C=O) groups excluding carboxylic acids is 1. The predicted octanol–water partition coefficient (Wildman–Crippen LogP) is 2.92. The van der Waals surface area contributed by atoms with Gasteiger partial charge in [-0.25, -0.2) is 13.8 Å². The van der Waals surface area contributed by atoms with Crippen molar-refractivity contribution in [2.75, 3.05) is 0 Å². The highest BCUT2D eigenvalue weighted by molar-refractivity contribution is 6.68. The van der Waals surface area contributed by atoms with Gasteiger partial charge in [-0.3, -0.25) is 4.79 Å². The molecule has 0 saturated heterocycles. The zero-order valence-electron chi connectivity index (χ0n) is 6.97. The quantitative estimate of drug-likeness (QED) is 0.599. The average Bonchev–Trinajstić information content (AvgIpc) is 2.16. The minimum Gasteiger partial charge on any atom is -0.276 e. The number of nitrogens with zero attached hydrogens (tertiary/aromatic N) is 2. The number of pyridine rings is 1. The molecule has 0 radical (unpaired) electrons. The molecule has 0 N–H and O–H groups in total. The first kappa shape index (κ1) is 11.8. The van der Waals surface area contributed by atoms with Crippen LogP contribution in [0.4, 0.5) is 8.78 Å². The molecule has 0 spiro atoms. The van der Waals surface area contributed by atoms with Gasteiger partial charge < -0.3 is 0 Å². The molecule has 0 aromatic carbocycles. The Kier molecular flexibility index (Phi) is 3.56. The fourth-order valence-corrected chi connectivity index (χ4v) is 1.37. The molecule has 15 heavy (non-hydrogen) atoms. The minimum absolute atomic E-state index is 0.328. The highest BCUT2D eigenvalue weighted by Gasteiger charge is 2.23. The number of rotatable bonds is 2. The van der Waals surface area contributed by atoms with E-state index in [2.05, 4.69) is 4.98 Å². The van der Waals surface area contributed by atoms with E-state index in [4.69, 9.17) is 28.5 Å². The maximum absolute atomic E-state index is 12.4. The number of hydrogen-bond acceptors (Lipinski definition) is 3. The third-order valence-electron chi connectivity index (χ3n) is 1.61. The number of hydrogen-bond donors (Lipinski definition) is 0. The molecule has 3 nitrogen and oxygen atoms in total. The lowest BCUT2D eigenvalue weighted by Crippen LogP contribution is -2.04. The van der Waals surface area contributed by atoms with Crippen LogP contribution in [0.3, 0.4) is 0 Å². The normalized spacial score (nSPS) is 10.1. The lowest BCUT2D eigenvalue weighted by Gasteiger charge is -2.06. The van der Waals surface area contributed by atoms with Gasteiger partial charge in [-0.2, -0.15) is 5.26 Å². The molecular weight excluding hydrogens is 249 g/mol. The van der Waals surface area contributed by atoms with Gasteiger partial charge in [0, 0.05) is 11.8 Å². The van der Waals surface area contributed by atoms with Crippen LogP contribution in [0.1, 0.15) is 27.9 Å². The van der Waals surface area contributed by atoms with Crippen molar-refractivity contribution in [3.05, 3.63) is 28.0 Å². The molecule has 7 heteroatoms. The molecule has 0 aliphatic rings. The Morgan fingerprint density at radius 3 is 2.60 bits per heavy atom. The molecular formula is C8H2Cl2F2N2O. The first-order chi connectivity index (χ1) is 6.99. The van der Waals surface area contributed by atoms with E-state index in [1.165, 1.54) is 6.07 Å². The third-order valence-corrected chi connectivity index (χ3v) is 2.08. The zero-order valence-corrected chi connectivity index (χ0v) is 8.48. The van der Waals surface area contributed by atoms with Crippen LogP contribution < -0.4 is 0 Å². The van der Waals surface area contributed by atoms with Crippen molar-refractivity contribution in [2.24, 2.45) is 0 Å². The van der Waals surface area contributed by atoms with E-state index in [0.29, 0.717) is 0 Å². The van der Waals surface area contributed by atoms with Crippen molar-refractivity contribution >= 4 is 28.4 Å². The summed E-state index contributed by atoms with van der Waals surface area (Å²) in [7, 11) is 0. The standard InChI is InChI=1S/C8H2Cl2F2N2O/c9-6-3(1-13)5(7(10)15)4(2-14-6)8(11)12/h2,8H. The summed E-state index contributed by atoms with van der Waals surface area (Å²) in [5.41, 5.74) is -1.72. The highest BCUT2D eigenvalue weighted by atomic mass is 35.5. The Labute approximate surface area is 93.2 Å². The van der Waals surface area contributed by atoms with E-state index in [0.717, 1.165) is 6.20 Å². The average molecular weight is 251 g/mol. The molecule has 1 aromatic heterocycles. The topological polar surface area (TPSA) is 53.8 Å². The zero-order chi connectivity index (χ0) is 11.6. The fourth-order valence-electron chi connectivity index (χ4n) is 0.982. The molecule has 0 bridgehead atoms. The Hall–Kier alpha value is -1.25. The van der Waals surface area contributed by atoms with E-state index < -0.39 is 28.4 Å². The van der Waals surface area contributed by atoms with Crippen molar-refractivity contribution in [2.45, 2.75) is 6.43 Å². The summed E-state index contributed by atoms with van der Waals surface area (Å²) in [6.45, 7) is 0. The van der Waals surface area contributed by atoms with Crippen LogP contribution in [0.15, 0.2) is 6.20 Å². The van der Waals surface area contributed by atoms with Gasteiger partial charge in [-0.05, 0) is 11.6 Å². The van der Waals surface area contributed by atoms with Crippen LogP contribution >= 0.6 is 23.2 Å². The molecule has 1 heterocycles. The second-order valence-corrected chi connectivity index (χ2v) is 3.14. The molecule has 0 unspecified atom stereocenters. The number of nitriles is 1. The summed E-state index contributed by atoms with van der Waals surface area (Å²) in [4.78, 5) is 14.3. The van der Waals surface area contributed by atoms with Gasteiger partial charge in [0.2, 0.25) is 0 Å². The Bertz CT molecular complexity index is 457. The van der Waals surface area contributed by atoms with Crippen molar-refractivity contribution in [1.82, 2.24) is 4.98 Å². The van der Waals surface area contributed by atoms with Gasteiger partial charge in [-0.15, -0.1) is 0 Å². The number of alkyl halides is 2. The highest BCUT2D eigenvalue weighted by Crippen LogP contribution is 2.28. The Morgan fingerprint density at radius 1 is 1.60 bits per heavy atom. The van der Waals surface area contributed by atoms with E-state index in [-0.39, 0.29) is 5.15 Å². The molecule has 0 aliphatic carbocycles. The van der Waals surface area contributed by atoms with Crippen molar-refractivity contribution < 1.29 is 13.6 Å². The summed E-state index contributed by atoms with van der Waals surface area (Å²) in [6, 6.07) is 1.51.